The molecule has 2 aromatic rings. The minimum absolute atomic E-state index is 0.0188. The van der Waals surface area contributed by atoms with Gasteiger partial charge in [0.1, 0.15) is 0 Å². The van der Waals surface area contributed by atoms with Gasteiger partial charge in [-0.25, -0.2) is 4.68 Å². The quantitative estimate of drug-likeness (QED) is 0.906. The highest BCUT2D eigenvalue weighted by Gasteiger charge is 2.31. The molecule has 6 heteroatoms. The Labute approximate surface area is 147 Å². The van der Waals surface area contributed by atoms with E-state index in [1.165, 1.54) is 0 Å². The number of rotatable bonds is 5. The third-order valence-electron chi connectivity index (χ3n) is 4.65. The van der Waals surface area contributed by atoms with Gasteiger partial charge in [-0.3, -0.25) is 9.59 Å². The number of nitrogens with zero attached hydrogens (tertiary/aromatic N) is 3. The van der Waals surface area contributed by atoms with Gasteiger partial charge in [0.05, 0.1) is 17.8 Å². The zero-order chi connectivity index (χ0) is 17.8. The normalized spacial score (nSPS) is 20.4. The molecule has 1 aliphatic rings. The van der Waals surface area contributed by atoms with Crippen molar-refractivity contribution in [2.45, 2.75) is 26.2 Å². The molecule has 25 heavy (non-hydrogen) atoms. The number of carbonyl (C=O) groups excluding carboxylic acids is 1. The molecule has 2 heterocycles. The third-order valence-corrected chi connectivity index (χ3v) is 4.65. The maximum atomic E-state index is 12.5. The first kappa shape index (κ1) is 17.2. The van der Waals surface area contributed by atoms with E-state index in [-0.39, 0.29) is 11.8 Å². The highest BCUT2D eigenvalue weighted by Crippen LogP contribution is 2.22. The van der Waals surface area contributed by atoms with Crippen LogP contribution in [0.2, 0.25) is 0 Å². The third kappa shape index (κ3) is 4.26. The number of hydrogen-bond donors (Lipinski definition) is 1. The molecule has 0 saturated carbocycles. The second-order valence-electron chi connectivity index (χ2n) is 6.80. The van der Waals surface area contributed by atoms with Gasteiger partial charge in [-0.05, 0) is 36.5 Å². The van der Waals surface area contributed by atoms with Crippen LogP contribution in [0.15, 0.2) is 42.7 Å². The molecule has 2 unspecified atom stereocenters. The predicted molar refractivity (Wildman–Crippen MR) is 93.4 cm³/mol. The predicted octanol–water partition coefficient (Wildman–Crippen LogP) is 2.37. The summed E-state index contributed by atoms with van der Waals surface area (Å²) in [5.41, 5.74) is 1.98. The van der Waals surface area contributed by atoms with Crippen LogP contribution in [-0.2, 0) is 16.0 Å². The van der Waals surface area contributed by atoms with Crippen LogP contribution in [0.3, 0.4) is 0 Å². The van der Waals surface area contributed by atoms with Crippen molar-refractivity contribution >= 4 is 11.9 Å². The number of amides is 1. The van der Waals surface area contributed by atoms with Gasteiger partial charge >= 0.3 is 5.97 Å². The van der Waals surface area contributed by atoms with Crippen LogP contribution in [0.1, 0.15) is 25.3 Å². The van der Waals surface area contributed by atoms with Crippen LogP contribution in [0.4, 0.5) is 0 Å². The van der Waals surface area contributed by atoms with Gasteiger partial charge < -0.3 is 10.0 Å². The largest absolute Gasteiger partial charge is 0.481 e. The summed E-state index contributed by atoms with van der Waals surface area (Å²) in [7, 11) is 0. The number of aryl methyl sites for hydroxylation is 1. The summed E-state index contributed by atoms with van der Waals surface area (Å²) >= 11 is 0. The second kappa shape index (κ2) is 7.51. The lowest BCUT2D eigenvalue weighted by Gasteiger charge is -2.34. The smallest absolute Gasteiger partial charge is 0.308 e. The molecular weight excluding hydrogens is 318 g/mol. The van der Waals surface area contributed by atoms with E-state index in [1.807, 2.05) is 43.5 Å². The lowest BCUT2D eigenvalue weighted by molar-refractivity contribution is -0.146. The summed E-state index contributed by atoms with van der Waals surface area (Å²) in [5.74, 6) is -1.02. The summed E-state index contributed by atoms with van der Waals surface area (Å²) in [4.78, 5) is 25.4. The summed E-state index contributed by atoms with van der Waals surface area (Å²) in [6.45, 7) is 2.97. The van der Waals surface area contributed by atoms with E-state index in [4.69, 9.17) is 0 Å². The Balaban J connectivity index is 1.57. The molecule has 2 atom stereocenters. The average molecular weight is 341 g/mol. The van der Waals surface area contributed by atoms with Crippen LogP contribution in [-0.4, -0.2) is 44.8 Å². The number of aliphatic carboxylic acids is 1. The Morgan fingerprint density at radius 1 is 1.24 bits per heavy atom. The molecule has 1 aliphatic heterocycles. The number of carbonyl (C=O) groups is 2. The van der Waals surface area contributed by atoms with Crippen LogP contribution in [0.25, 0.3) is 5.69 Å². The maximum Gasteiger partial charge on any atom is 0.308 e. The van der Waals surface area contributed by atoms with Crippen LogP contribution < -0.4 is 0 Å². The highest BCUT2D eigenvalue weighted by atomic mass is 16.4. The zero-order valence-corrected chi connectivity index (χ0v) is 14.3. The van der Waals surface area contributed by atoms with E-state index in [9.17, 15) is 14.7 Å². The molecule has 1 aromatic carbocycles. The van der Waals surface area contributed by atoms with Gasteiger partial charge in [0.2, 0.25) is 5.91 Å². The fourth-order valence-electron chi connectivity index (χ4n) is 3.35. The van der Waals surface area contributed by atoms with E-state index in [1.54, 1.807) is 15.8 Å². The van der Waals surface area contributed by atoms with E-state index < -0.39 is 11.9 Å². The second-order valence-corrected chi connectivity index (χ2v) is 6.80. The standard InChI is InChI=1S/C19H23N3O3/c1-14-9-16(19(24)25)13-21(11-14)18(23)8-7-15-10-20-22(12-15)17-5-3-2-4-6-17/h2-6,10,12,14,16H,7-9,11,13H2,1H3,(H,24,25). The Morgan fingerprint density at radius 3 is 2.72 bits per heavy atom. The van der Waals surface area contributed by atoms with Crippen molar-refractivity contribution < 1.29 is 14.7 Å². The Kier molecular flexibility index (Phi) is 5.16. The lowest BCUT2D eigenvalue weighted by atomic mass is 9.90. The molecule has 1 N–H and O–H groups in total. The molecule has 1 fully saturated rings. The molecule has 6 nitrogen and oxygen atoms in total. The molecule has 132 valence electrons. The minimum Gasteiger partial charge on any atom is -0.481 e. The number of carboxylic acid groups (broad SMARTS) is 1. The van der Waals surface area contributed by atoms with E-state index >= 15 is 0 Å². The molecule has 1 saturated heterocycles. The molecule has 0 spiro atoms. The van der Waals surface area contributed by atoms with Crippen molar-refractivity contribution in [2.75, 3.05) is 13.1 Å². The first-order valence-electron chi connectivity index (χ1n) is 8.62. The van der Waals surface area contributed by atoms with Crippen molar-refractivity contribution in [1.82, 2.24) is 14.7 Å². The Morgan fingerprint density at radius 2 is 2.00 bits per heavy atom. The number of aromatic nitrogens is 2. The van der Waals surface area contributed by atoms with Gasteiger partial charge in [0.15, 0.2) is 0 Å². The van der Waals surface area contributed by atoms with Crippen LogP contribution in [0, 0.1) is 11.8 Å². The number of para-hydroxylation sites is 1. The van der Waals surface area contributed by atoms with E-state index in [2.05, 4.69) is 5.10 Å². The van der Waals surface area contributed by atoms with Crippen molar-refractivity contribution in [3.05, 3.63) is 48.3 Å². The van der Waals surface area contributed by atoms with Crippen molar-refractivity contribution in [1.29, 1.82) is 0 Å². The maximum absolute atomic E-state index is 12.5. The fraction of sp³-hybridized carbons (Fsp3) is 0.421. The fourth-order valence-corrected chi connectivity index (χ4v) is 3.35. The van der Waals surface area contributed by atoms with Gasteiger partial charge in [-0.15, -0.1) is 0 Å². The Bertz CT molecular complexity index is 741. The topological polar surface area (TPSA) is 75.4 Å². The SMILES string of the molecule is CC1CC(C(=O)O)CN(C(=O)CCc2cnn(-c3ccccc3)c2)C1. The molecule has 0 bridgehead atoms. The zero-order valence-electron chi connectivity index (χ0n) is 14.3. The van der Waals surface area contributed by atoms with Crippen molar-refractivity contribution in [3.63, 3.8) is 0 Å². The number of benzene rings is 1. The number of hydrogen-bond acceptors (Lipinski definition) is 3. The van der Waals surface area contributed by atoms with Crippen molar-refractivity contribution in [3.8, 4) is 5.69 Å². The van der Waals surface area contributed by atoms with Gasteiger partial charge in [-0.2, -0.15) is 5.10 Å². The highest BCUT2D eigenvalue weighted by molar-refractivity contribution is 5.78. The first-order valence-corrected chi connectivity index (χ1v) is 8.62. The molecule has 0 aliphatic carbocycles. The Hall–Kier alpha value is -2.63. The molecule has 1 amide bonds. The minimum atomic E-state index is -0.812. The number of carboxylic acids is 1. The summed E-state index contributed by atoms with van der Waals surface area (Å²) in [5, 5.41) is 13.6. The van der Waals surface area contributed by atoms with Crippen LogP contribution in [0.5, 0.6) is 0 Å². The van der Waals surface area contributed by atoms with Crippen molar-refractivity contribution in [2.24, 2.45) is 11.8 Å². The van der Waals surface area contributed by atoms with Crippen LogP contribution >= 0.6 is 0 Å². The summed E-state index contributed by atoms with van der Waals surface area (Å²) in [6, 6.07) is 9.82. The first-order chi connectivity index (χ1) is 12.0. The summed E-state index contributed by atoms with van der Waals surface area (Å²) < 4.78 is 1.79. The monoisotopic (exact) mass is 341 g/mol. The molecule has 1 aromatic heterocycles. The molecular formula is C19H23N3O3. The van der Waals surface area contributed by atoms with Gasteiger partial charge in [0.25, 0.3) is 0 Å². The van der Waals surface area contributed by atoms with Gasteiger partial charge in [0, 0.05) is 25.7 Å². The van der Waals surface area contributed by atoms with E-state index in [0.29, 0.717) is 32.4 Å². The lowest BCUT2D eigenvalue weighted by Crippen LogP contribution is -2.45. The summed E-state index contributed by atoms with van der Waals surface area (Å²) in [6.07, 6.45) is 5.33. The van der Waals surface area contributed by atoms with Gasteiger partial charge in [-0.1, -0.05) is 25.1 Å². The van der Waals surface area contributed by atoms with E-state index in [0.717, 1.165) is 11.3 Å². The number of piperidine rings is 1. The number of likely N-dealkylation sites (tertiary alicyclic amines) is 1. The molecule has 3 rings (SSSR count). The molecule has 0 radical (unpaired) electrons. The average Bonchev–Trinajstić information content (AvgIpc) is 3.09.